The molecule has 0 fully saturated rings. The molecule has 29 heavy (non-hydrogen) atoms. The number of unbranched alkanes of at least 4 members (excludes halogenated alkanes) is 9. The highest BCUT2D eigenvalue weighted by molar-refractivity contribution is 6.00. The van der Waals surface area contributed by atoms with Crippen molar-refractivity contribution >= 4 is 11.9 Å². The lowest BCUT2D eigenvalue weighted by Crippen LogP contribution is -2.43. The number of ether oxygens (including phenoxy) is 2. The van der Waals surface area contributed by atoms with E-state index in [0.29, 0.717) is 19.4 Å². The van der Waals surface area contributed by atoms with E-state index in [-0.39, 0.29) is 12.0 Å². The van der Waals surface area contributed by atoms with Crippen molar-refractivity contribution in [2.24, 2.45) is 11.3 Å². The predicted octanol–water partition coefficient (Wildman–Crippen LogP) is 7.23. The minimum absolute atomic E-state index is 0.158. The van der Waals surface area contributed by atoms with Gasteiger partial charge in [-0.05, 0) is 31.6 Å². The van der Waals surface area contributed by atoms with Gasteiger partial charge in [-0.15, -0.1) is 0 Å². The summed E-state index contributed by atoms with van der Waals surface area (Å²) < 4.78 is 11.2. The number of carbonyl (C=O) groups excluding carboxylic acids is 2. The van der Waals surface area contributed by atoms with Gasteiger partial charge in [-0.25, -0.2) is 0 Å². The molecule has 0 bridgehead atoms. The molecule has 0 spiro atoms. The quantitative estimate of drug-likeness (QED) is 0.135. The molecule has 0 saturated heterocycles. The van der Waals surface area contributed by atoms with Gasteiger partial charge in [0.1, 0.15) is 6.10 Å². The molecule has 4 nitrogen and oxygen atoms in total. The van der Waals surface area contributed by atoms with Gasteiger partial charge in [0, 0.05) is 0 Å². The third-order valence-corrected chi connectivity index (χ3v) is 6.12. The van der Waals surface area contributed by atoms with E-state index in [0.717, 1.165) is 19.3 Å². The molecule has 0 amide bonds. The second-order valence-electron chi connectivity index (χ2n) is 8.70. The van der Waals surface area contributed by atoms with Crippen LogP contribution >= 0.6 is 0 Å². The van der Waals surface area contributed by atoms with Crippen LogP contribution in [0.5, 0.6) is 0 Å². The average molecular weight is 413 g/mol. The molecule has 0 aromatic rings. The first kappa shape index (κ1) is 27.9. The van der Waals surface area contributed by atoms with Crippen LogP contribution in [-0.2, 0) is 19.1 Å². The first-order chi connectivity index (χ1) is 13.9. The Kier molecular flexibility index (Phi) is 16.1. The van der Waals surface area contributed by atoms with Gasteiger partial charge in [0.15, 0.2) is 5.41 Å². The molecule has 0 N–H and O–H groups in total. The highest BCUT2D eigenvalue weighted by Gasteiger charge is 2.46. The molecule has 0 radical (unpaired) electrons. The van der Waals surface area contributed by atoms with E-state index < -0.39 is 17.4 Å². The Morgan fingerprint density at radius 2 is 1.21 bits per heavy atom. The lowest BCUT2D eigenvalue weighted by Gasteiger charge is -2.30. The maximum absolute atomic E-state index is 12.8. The van der Waals surface area contributed by atoms with Crippen LogP contribution in [0.4, 0.5) is 0 Å². The van der Waals surface area contributed by atoms with Crippen molar-refractivity contribution in [3.05, 3.63) is 0 Å². The zero-order valence-electron chi connectivity index (χ0n) is 20.2. The van der Waals surface area contributed by atoms with E-state index in [1.807, 2.05) is 34.6 Å². The number of hydrogen-bond acceptors (Lipinski definition) is 4. The topological polar surface area (TPSA) is 52.6 Å². The summed E-state index contributed by atoms with van der Waals surface area (Å²) in [7, 11) is 0. The van der Waals surface area contributed by atoms with Crippen molar-refractivity contribution in [2.75, 3.05) is 6.61 Å². The van der Waals surface area contributed by atoms with Gasteiger partial charge < -0.3 is 9.47 Å². The summed E-state index contributed by atoms with van der Waals surface area (Å²) >= 11 is 0. The number of rotatable bonds is 18. The Morgan fingerprint density at radius 3 is 1.62 bits per heavy atom. The van der Waals surface area contributed by atoms with E-state index in [2.05, 4.69) is 6.92 Å². The standard InChI is InChI=1S/C25H48O4/c1-7-11-12-13-14-15-16-17-18-19-20-28-23(26)25(9-3,10-4)24(27)29-22(8-2)21(5)6/h21-22H,7-20H2,1-6H3. The van der Waals surface area contributed by atoms with Gasteiger partial charge in [0.2, 0.25) is 0 Å². The fourth-order valence-corrected chi connectivity index (χ4v) is 3.74. The number of esters is 2. The zero-order chi connectivity index (χ0) is 22.1. The minimum Gasteiger partial charge on any atom is -0.465 e. The van der Waals surface area contributed by atoms with Gasteiger partial charge in [-0.3, -0.25) is 9.59 Å². The SMILES string of the molecule is CCCCCCCCCCCCOC(=O)C(CC)(CC)C(=O)OC(CC)C(C)C. The lowest BCUT2D eigenvalue weighted by molar-refractivity contribution is -0.178. The molecule has 0 aromatic carbocycles. The summed E-state index contributed by atoms with van der Waals surface area (Å²) in [6.45, 7) is 12.4. The van der Waals surface area contributed by atoms with Gasteiger partial charge >= 0.3 is 11.9 Å². The van der Waals surface area contributed by atoms with Crippen LogP contribution in [0.3, 0.4) is 0 Å². The van der Waals surface area contributed by atoms with Crippen LogP contribution in [0.15, 0.2) is 0 Å². The van der Waals surface area contributed by atoms with E-state index in [9.17, 15) is 9.59 Å². The van der Waals surface area contributed by atoms with Crippen LogP contribution < -0.4 is 0 Å². The Hall–Kier alpha value is -1.06. The summed E-state index contributed by atoms with van der Waals surface area (Å²) in [5.41, 5.74) is -1.17. The summed E-state index contributed by atoms with van der Waals surface area (Å²) in [6, 6.07) is 0. The minimum atomic E-state index is -1.17. The van der Waals surface area contributed by atoms with Gasteiger partial charge in [-0.1, -0.05) is 99.3 Å². The number of hydrogen-bond donors (Lipinski definition) is 0. The molecule has 172 valence electrons. The fraction of sp³-hybridized carbons (Fsp3) is 0.920. The zero-order valence-corrected chi connectivity index (χ0v) is 20.2. The maximum Gasteiger partial charge on any atom is 0.323 e. The third-order valence-electron chi connectivity index (χ3n) is 6.12. The monoisotopic (exact) mass is 412 g/mol. The molecular weight excluding hydrogens is 364 g/mol. The molecule has 0 saturated carbocycles. The average Bonchev–Trinajstić information content (AvgIpc) is 2.71. The Bertz CT molecular complexity index is 427. The van der Waals surface area contributed by atoms with Gasteiger partial charge in [0.25, 0.3) is 0 Å². The number of carbonyl (C=O) groups is 2. The van der Waals surface area contributed by atoms with Crippen molar-refractivity contribution in [1.29, 1.82) is 0 Å². The third kappa shape index (κ3) is 10.5. The molecule has 0 rings (SSSR count). The lowest BCUT2D eigenvalue weighted by atomic mass is 9.82. The summed E-state index contributed by atoms with van der Waals surface area (Å²) in [6.07, 6.45) is 13.8. The van der Waals surface area contributed by atoms with Crippen LogP contribution in [-0.4, -0.2) is 24.6 Å². The predicted molar refractivity (Wildman–Crippen MR) is 121 cm³/mol. The van der Waals surface area contributed by atoms with Crippen LogP contribution in [0, 0.1) is 11.3 Å². The second kappa shape index (κ2) is 16.7. The van der Waals surface area contributed by atoms with Crippen molar-refractivity contribution in [2.45, 2.75) is 131 Å². The van der Waals surface area contributed by atoms with Crippen molar-refractivity contribution in [3.8, 4) is 0 Å². The van der Waals surface area contributed by atoms with Crippen molar-refractivity contribution in [3.63, 3.8) is 0 Å². The van der Waals surface area contributed by atoms with Crippen LogP contribution in [0.25, 0.3) is 0 Å². The van der Waals surface area contributed by atoms with E-state index in [1.54, 1.807) is 0 Å². The molecule has 0 aliphatic rings. The summed E-state index contributed by atoms with van der Waals surface area (Å²) in [5, 5.41) is 0. The second-order valence-corrected chi connectivity index (χ2v) is 8.70. The Morgan fingerprint density at radius 1 is 0.724 bits per heavy atom. The van der Waals surface area contributed by atoms with Gasteiger partial charge in [0.05, 0.1) is 6.61 Å². The first-order valence-electron chi connectivity index (χ1n) is 12.3. The highest BCUT2D eigenvalue weighted by atomic mass is 16.6. The van der Waals surface area contributed by atoms with Crippen LogP contribution in [0.1, 0.15) is 125 Å². The maximum atomic E-state index is 12.8. The smallest absolute Gasteiger partial charge is 0.323 e. The largest absolute Gasteiger partial charge is 0.465 e. The van der Waals surface area contributed by atoms with Crippen molar-refractivity contribution < 1.29 is 19.1 Å². The van der Waals surface area contributed by atoms with Crippen LogP contribution in [0.2, 0.25) is 0 Å². The normalized spacial score (nSPS) is 12.8. The molecule has 0 aliphatic carbocycles. The summed E-state index contributed by atoms with van der Waals surface area (Å²) in [4.78, 5) is 25.6. The summed E-state index contributed by atoms with van der Waals surface area (Å²) in [5.74, 6) is -0.601. The molecule has 0 heterocycles. The van der Waals surface area contributed by atoms with E-state index in [1.165, 1.54) is 51.4 Å². The molecule has 0 aliphatic heterocycles. The Balaban J connectivity index is 4.26. The first-order valence-corrected chi connectivity index (χ1v) is 12.3. The Labute approximate surface area is 180 Å². The molecule has 0 aromatic heterocycles. The molecule has 1 atom stereocenters. The molecular formula is C25H48O4. The molecule has 4 heteroatoms. The molecule has 1 unspecified atom stereocenters. The van der Waals surface area contributed by atoms with Gasteiger partial charge in [-0.2, -0.15) is 0 Å². The fourth-order valence-electron chi connectivity index (χ4n) is 3.74. The highest BCUT2D eigenvalue weighted by Crippen LogP contribution is 2.31. The van der Waals surface area contributed by atoms with Crippen molar-refractivity contribution in [1.82, 2.24) is 0 Å². The van der Waals surface area contributed by atoms with E-state index in [4.69, 9.17) is 9.47 Å². The van der Waals surface area contributed by atoms with E-state index >= 15 is 0 Å².